The van der Waals surface area contributed by atoms with Crippen LogP contribution < -0.4 is 15.4 Å². The lowest BCUT2D eigenvalue weighted by Crippen LogP contribution is -2.24. The summed E-state index contributed by atoms with van der Waals surface area (Å²) in [5.74, 6) is -0.393. The molecule has 0 saturated heterocycles. The lowest BCUT2D eigenvalue weighted by molar-refractivity contribution is 0.0952. The minimum atomic E-state index is -0.402. The first-order valence-electron chi connectivity index (χ1n) is 9.45. The number of hydrogen-bond donors (Lipinski definition) is 2. The zero-order valence-electron chi connectivity index (χ0n) is 16.4. The predicted octanol–water partition coefficient (Wildman–Crippen LogP) is 4.04. The van der Waals surface area contributed by atoms with E-state index in [4.69, 9.17) is 4.74 Å². The number of unbranched alkanes of at least 4 members (excludes halogenated alkanes) is 1. The second-order valence-electron chi connectivity index (χ2n) is 6.38. The number of halogens is 1. The van der Waals surface area contributed by atoms with Crippen LogP contribution in [0, 0.1) is 5.82 Å². The minimum absolute atomic E-state index is 0.123. The first kappa shape index (κ1) is 21.4. The van der Waals surface area contributed by atoms with Crippen molar-refractivity contribution >= 4 is 28.8 Å². The van der Waals surface area contributed by atoms with E-state index in [1.807, 2.05) is 0 Å². The first-order chi connectivity index (χ1) is 14.5. The van der Waals surface area contributed by atoms with Crippen molar-refractivity contribution in [3.63, 3.8) is 0 Å². The Bertz CT molecular complexity index is 990. The summed E-state index contributed by atoms with van der Waals surface area (Å²) in [7, 11) is 0. The molecule has 156 valence electrons. The SMILES string of the molecule is CCCCNC(=O)c1ccc(NC(=O)c2nnc(COc3ccc(F)cc3)s2)cc1. The Hall–Kier alpha value is -3.33. The summed E-state index contributed by atoms with van der Waals surface area (Å²) in [5.41, 5.74) is 1.07. The van der Waals surface area contributed by atoms with Gasteiger partial charge in [0.05, 0.1) is 0 Å². The highest BCUT2D eigenvalue weighted by Gasteiger charge is 2.14. The number of benzene rings is 2. The number of nitrogens with one attached hydrogen (secondary N) is 2. The standard InChI is InChI=1S/C21H21FN4O3S/c1-2-3-12-23-19(27)14-4-8-16(9-5-14)24-20(28)21-26-25-18(30-21)13-29-17-10-6-15(22)7-11-17/h4-11H,2-3,12-13H2,1H3,(H,23,27)(H,24,28). The Morgan fingerprint density at radius 2 is 1.77 bits per heavy atom. The van der Waals surface area contributed by atoms with E-state index in [0.29, 0.717) is 28.6 Å². The largest absolute Gasteiger partial charge is 0.486 e. The molecular weight excluding hydrogens is 407 g/mol. The van der Waals surface area contributed by atoms with Crippen LogP contribution >= 0.6 is 11.3 Å². The third-order valence-corrected chi connectivity index (χ3v) is 4.95. The average Bonchev–Trinajstić information content (AvgIpc) is 3.23. The van der Waals surface area contributed by atoms with Gasteiger partial charge < -0.3 is 15.4 Å². The van der Waals surface area contributed by atoms with Gasteiger partial charge >= 0.3 is 0 Å². The maximum absolute atomic E-state index is 12.9. The molecule has 0 radical (unpaired) electrons. The van der Waals surface area contributed by atoms with Crippen LogP contribution in [0.25, 0.3) is 0 Å². The normalized spacial score (nSPS) is 10.5. The molecule has 0 atom stereocenters. The molecule has 0 aliphatic carbocycles. The smallest absolute Gasteiger partial charge is 0.286 e. The summed E-state index contributed by atoms with van der Waals surface area (Å²) < 4.78 is 18.4. The van der Waals surface area contributed by atoms with Crippen LogP contribution in [0.4, 0.5) is 10.1 Å². The fraction of sp³-hybridized carbons (Fsp3) is 0.238. The zero-order chi connectivity index (χ0) is 21.3. The summed E-state index contributed by atoms with van der Waals surface area (Å²) >= 11 is 1.10. The van der Waals surface area contributed by atoms with Crippen LogP contribution in [-0.2, 0) is 6.61 Å². The van der Waals surface area contributed by atoms with Gasteiger partial charge in [0.2, 0.25) is 5.01 Å². The van der Waals surface area contributed by atoms with Crippen molar-refractivity contribution in [2.45, 2.75) is 26.4 Å². The molecule has 1 aromatic heterocycles. The van der Waals surface area contributed by atoms with Crippen molar-refractivity contribution in [3.8, 4) is 5.75 Å². The van der Waals surface area contributed by atoms with Gasteiger partial charge in [-0.05, 0) is 55.0 Å². The van der Waals surface area contributed by atoms with Gasteiger partial charge in [0.15, 0.2) is 5.01 Å². The van der Waals surface area contributed by atoms with Gasteiger partial charge in [-0.1, -0.05) is 24.7 Å². The second-order valence-corrected chi connectivity index (χ2v) is 7.45. The average molecular weight is 428 g/mol. The van der Waals surface area contributed by atoms with Crippen molar-refractivity contribution in [2.24, 2.45) is 0 Å². The van der Waals surface area contributed by atoms with Gasteiger partial charge in [-0.2, -0.15) is 0 Å². The van der Waals surface area contributed by atoms with Gasteiger partial charge in [-0.3, -0.25) is 9.59 Å². The Labute approximate surface area is 177 Å². The summed E-state index contributed by atoms with van der Waals surface area (Å²) in [6.07, 6.45) is 1.94. The maximum atomic E-state index is 12.9. The van der Waals surface area contributed by atoms with Gasteiger partial charge in [0.1, 0.15) is 18.2 Å². The topological polar surface area (TPSA) is 93.2 Å². The molecule has 3 aromatic rings. The molecule has 2 N–H and O–H groups in total. The monoisotopic (exact) mass is 428 g/mol. The lowest BCUT2D eigenvalue weighted by Gasteiger charge is -2.06. The van der Waals surface area contributed by atoms with Crippen LogP contribution in [0.2, 0.25) is 0 Å². The number of nitrogens with zero attached hydrogens (tertiary/aromatic N) is 2. The number of hydrogen-bond acceptors (Lipinski definition) is 6. The molecule has 0 spiro atoms. The van der Waals surface area contributed by atoms with Crippen LogP contribution in [0.3, 0.4) is 0 Å². The zero-order valence-corrected chi connectivity index (χ0v) is 17.2. The van der Waals surface area contributed by atoms with E-state index >= 15 is 0 Å². The van der Waals surface area contributed by atoms with Gasteiger partial charge in [0, 0.05) is 17.8 Å². The maximum Gasteiger partial charge on any atom is 0.286 e. The van der Waals surface area contributed by atoms with Crippen molar-refractivity contribution in [3.05, 3.63) is 69.9 Å². The molecule has 0 aliphatic rings. The number of carbonyl (C=O) groups excluding carboxylic acids is 2. The van der Waals surface area contributed by atoms with Gasteiger partial charge in [-0.25, -0.2) is 4.39 Å². The molecule has 9 heteroatoms. The fourth-order valence-electron chi connectivity index (χ4n) is 2.45. The molecule has 30 heavy (non-hydrogen) atoms. The molecule has 0 fully saturated rings. The lowest BCUT2D eigenvalue weighted by atomic mass is 10.2. The molecule has 2 aromatic carbocycles. The van der Waals surface area contributed by atoms with Crippen molar-refractivity contribution in [2.75, 3.05) is 11.9 Å². The van der Waals surface area contributed by atoms with E-state index in [0.717, 1.165) is 24.2 Å². The van der Waals surface area contributed by atoms with Crippen molar-refractivity contribution in [1.82, 2.24) is 15.5 Å². The first-order valence-corrected chi connectivity index (χ1v) is 10.3. The van der Waals surface area contributed by atoms with E-state index in [1.165, 1.54) is 24.3 Å². The minimum Gasteiger partial charge on any atom is -0.486 e. The predicted molar refractivity (Wildman–Crippen MR) is 112 cm³/mol. The quantitative estimate of drug-likeness (QED) is 0.502. The van der Waals surface area contributed by atoms with Crippen LogP contribution in [-0.4, -0.2) is 28.6 Å². The highest BCUT2D eigenvalue weighted by molar-refractivity contribution is 7.13. The Kier molecular flexibility index (Phi) is 7.45. The van der Waals surface area contributed by atoms with E-state index in [2.05, 4.69) is 27.8 Å². The van der Waals surface area contributed by atoms with E-state index in [1.54, 1.807) is 24.3 Å². The molecule has 1 heterocycles. The summed E-state index contributed by atoms with van der Waals surface area (Å²) in [5, 5.41) is 14.1. The number of anilines is 1. The number of ether oxygens (including phenoxy) is 1. The van der Waals surface area contributed by atoms with Crippen molar-refractivity contribution in [1.29, 1.82) is 0 Å². The third-order valence-electron chi connectivity index (χ3n) is 4.06. The van der Waals surface area contributed by atoms with Crippen LogP contribution in [0.1, 0.15) is 44.9 Å². The molecule has 0 unspecified atom stereocenters. The van der Waals surface area contributed by atoms with Crippen molar-refractivity contribution < 1.29 is 18.7 Å². The van der Waals surface area contributed by atoms with Crippen LogP contribution in [0.5, 0.6) is 5.75 Å². The molecule has 0 saturated carbocycles. The van der Waals surface area contributed by atoms with Gasteiger partial charge in [-0.15, -0.1) is 10.2 Å². The second kappa shape index (κ2) is 10.4. The Morgan fingerprint density at radius 1 is 1.03 bits per heavy atom. The molecule has 0 bridgehead atoms. The number of aromatic nitrogens is 2. The summed E-state index contributed by atoms with van der Waals surface area (Å²) in [6, 6.07) is 12.2. The van der Waals surface area contributed by atoms with Crippen LogP contribution in [0.15, 0.2) is 48.5 Å². The highest BCUT2D eigenvalue weighted by atomic mass is 32.1. The molecule has 2 amide bonds. The molecule has 3 rings (SSSR count). The van der Waals surface area contributed by atoms with E-state index in [-0.39, 0.29) is 23.3 Å². The highest BCUT2D eigenvalue weighted by Crippen LogP contribution is 2.17. The number of carbonyl (C=O) groups is 2. The molecular formula is C21H21FN4O3S. The Morgan fingerprint density at radius 3 is 2.47 bits per heavy atom. The number of amides is 2. The summed E-state index contributed by atoms with van der Waals surface area (Å²) in [6.45, 7) is 2.82. The fourth-order valence-corrected chi connectivity index (χ4v) is 3.10. The Balaban J connectivity index is 1.52. The number of rotatable bonds is 9. The van der Waals surface area contributed by atoms with E-state index in [9.17, 15) is 14.0 Å². The molecule has 7 nitrogen and oxygen atoms in total. The van der Waals surface area contributed by atoms with Gasteiger partial charge in [0.25, 0.3) is 11.8 Å². The molecule has 0 aliphatic heterocycles. The third kappa shape index (κ3) is 6.08. The van der Waals surface area contributed by atoms with E-state index < -0.39 is 5.91 Å². The summed E-state index contributed by atoms with van der Waals surface area (Å²) in [4.78, 5) is 24.4.